The average Bonchev–Trinajstić information content (AvgIpc) is 3.04. The van der Waals surface area contributed by atoms with Gasteiger partial charge in [0.15, 0.2) is 0 Å². The van der Waals surface area contributed by atoms with Crippen molar-refractivity contribution in [3.8, 4) is 10.4 Å². The van der Waals surface area contributed by atoms with Crippen molar-refractivity contribution in [2.24, 2.45) is 0 Å². The fraction of sp³-hybridized carbons (Fsp3) is 0.312. The first-order valence-electron chi connectivity index (χ1n) is 7.20. The fourth-order valence-electron chi connectivity index (χ4n) is 2.57. The second-order valence-electron chi connectivity index (χ2n) is 5.19. The van der Waals surface area contributed by atoms with Gasteiger partial charge in [0.2, 0.25) is 5.91 Å². The molecule has 0 bridgehead atoms. The minimum Gasteiger partial charge on any atom is -0.339 e. The lowest BCUT2D eigenvalue weighted by molar-refractivity contribution is -0.130. The number of benzene rings is 1. The standard InChI is InChI=1S/C16H17N3O2S/c1-12(20)18-7-9-19(10-8-18)16(21)14-15(22-11-17-14)13-5-3-2-4-6-13/h2-6,11H,7-10H2,1H3. The van der Waals surface area contributed by atoms with E-state index in [9.17, 15) is 9.59 Å². The molecule has 1 aliphatic heterocycles. The zero-order chi connectivity index (χ0) is 15.5. The van der Waals surface area contributed by atoms with Crippen molar-refractivity contribution < 1.29 is 9.59 Å². The van der Waals surface area contributed by atoms with Crippen molar-refractivity contribution in [2.75, 3.05) is 26.2 Å². The summed E-state index contributed by atoms with van der Waals surface area (Å²) in [6, 6.07) is 9.83. The normalized spacial score (nSPS) is 15.0. The van der Waals surface area contributed by atoms with Gasteiger partial charge in [-0.2, -0.15) is 0 Å². The van der Waals surface area contributed by atoms with Crippen LogP contribution in [-0.4, -0.2) is 52.8 Å². The molecule has 22 heavy (non-hydrogen) atoms. The molecule has 114 valence electrons. The van der Waals surface area contributed by atoms with Gasteiger partial charge < -0.3 is 9.80 Å². The Hall–Kier alpha value is -2.21. The number of carbonyl (C=O) groups excluding carboxylic acids is 2. The molecule has 1 fully saturated rings. The second kappa shape index (κ2) is 6.27. The molecule has 6 heteroatoms. The molecule has 1 aliphatic rings. The van der Waals surface area contributed by atoms with Gasteiger partial charge in [-0.3, -0.25) is 9.59 Å². The van der Waals surface area contributed by atoms with Gasteiger partial charge >= 0.3 is 0 Å². The highest BCUT2D eigenvalue weighted by Gasteiger charge is 2.26. The predicted octanol–water partition coefficient (Wildman–Crippen LogP) is 2.11. The molecule has 0 N–H and O–H groups in total. The molecule has 1 saturated heterocycles. The van der Waals surface area contributed by atoms with Crippen LogP contribution in [0, 0.1) is 0 Å². The van der Waals surface area contributed by atoms with Crippen LogP contribution in [0.15, 0.2) is 35.8 Å². The van der Waals surface area contributed by atoms with Gasteiger partial charge in [0, 0.05) is 33.1 Å². The van der Waals surface area contributed by atoms with Crippen molar-refractivity contribution in [1.82, 2.24) is 14.8 Å². The maximum absolute atomic E-state index is 12.7. The number of piperazine rings is 1. The smallest absolute Gasteiger partial charge is 0.274 e. The van der Waals surface area contributed by atoms with Gasteiger partial charge in [0.25, 0.3) is 5.91 Å². The molecule has 5 nitrogen and oxygen atoms in total. The van der Waals surface area contributed by atoms with E-state index in [-0.39, 0.29) is 11.8 Å². The molecule has 0 aliphatic carbocycles. The minimum atomic E-state index is -0.0525. The van der Waals surface area contributed by atoms with E-state index in [0.717, 1.165) is 10.4 Å². The number of aromatic nitrogens is 1. The van der Waals surface area contributed by atoms with Crippen molar-refractivity contribution in [1.29, 1.82) is 0 Å². The third-order valence-corrected chi connectivity index (χ3v) is 4.69. The van der Waals surface area contributed by atoms with Crippen LogP contribution in [0.4, 0.5) is 0 Å². The zero-order valence-electron chi connectivity index (χ0n) is 12.4. The average molecular weight is 315 g/mol. The highest BCUT2D eigenvalue weighted by molar-refractivity contribution is 7.13. The molecule has 3 rings (SSSR count). The molecular weight excluding hydrogens is 298 g/mol. The molecule has 0 radical (unpaired) electrons. The number of nitrogens with zero attached hydrogens (tertiary/aromatic N) is 3. The van der Waals surface area contributed by atoms with Gasteiger partial charge in [0.1, 0.15) is 5.69 Å². The first-order chi connectivity index (χ1) is 10.7. The summed E-state index contributed by atoms with van der Waals surface area (Å²) in [4.78, 5) is 32.8. The van der Waals surface area contributed by atoms with Crippen LogP contribution in [-0.2, 0) is 4.79 Å². The molecule has 2 heterocycles. The summed E-state index contributed by atoms with van der Waals surface area (Å²) in [6.07, 6.45) is 0. The fourth-order valence-corrected chi connectivity index (χ4v) is 3.35. The van der Waals surface area contributed by atoms with Gasteiger partial charge in [-0.05, 0) is 5.56 Å². The van der Waals surface area contributed by atoms with Crippen molar-refractivity contribution in [3.05, 3.63) is 41.5 Å². The van der Waals surface area contributed by atoms with Gasteiger partial charge in [-0.15, -0.1) is 11.3 Å². The molecule has 2 amide bonds. The highest BCUT2D eigenvalue weighted by Crippen LogP contribution is 2.28. The van der Waals surface area contributed by atoms with E-state index >= 15 is 0 Å². The first-order valence-corrected chi connectivity index (χ1v) is 8.08. The van der Waals surface area contributed by atoms with Crippen LogP contribution < -0.4 is 0 Å². The predicted molar refractivity (Wildman–Crippen MR) is 85.7 cm³/mol. The Bertz CT molecular complexity index is 676. The Kier molecular flexibility index (Phi) is 4.20. The number of hydrogen-bond donors (Lipinski definition) is 0. The number of amides is 2. The maximum atomic E-state index is 12.7. The summed E-state index contributed by atoms with van der Waals surface area (Å²) in [6.45, 7) is 3.86. The molecule has 0 atom stereocenters. The summed E-state index contributed by atoms with van der Waals surface area (Å²) >= 11 is 1.48. The van der Waals surface area contributed by atoms with Crippen molar-refractivity contribution >= 4 is 23.2 Å². The molecule has 0 unspecified atom stereocenters. The van der Waals surface area contributed by atoms with Crippen LogP contribution in [0.2, 0.25) is 0 Å². The lowest BCUT2D eigenvalue weighted by Gasteiger charge is -2.34. The molecular formula is C16H17N3O2S. The monoisotopic (exact) mass is 315 g/mol. The van der Waals surface area contributed by atoms with E-state index in [4.69, 9.17) is 0 Å². The van der Waals surface area contributed by atoms with Crippen molar-refractivity contribution in [3.63, 3.8) is 0 Å². The number of carbonyl (C=O) groups is 2. The number of rotatable bonds is 2. The maximum Gasteiger partial charge on any atom is 0.274 e. The van der Waals surface area contributed by atoms with E-state index in [1.165, 1.54) is 11.3 Å². The van der Waals surface area contributed by atoms with Crippen LogP contribution in [0.5, 0.6) is 0 Å². The van der Waals surface area contributed by atoms with Gasteiger partial charge in [0.05, 0.1) is 10.4 Å². The van der Waals surface area contributed by atoms with E-state index in [1.807, 2.05) is 30.3 Å². The molecule has 0 spiro atoms. The highest BCUT2D eigenvalue weighted by atomic mass is 32.1. The quantitative estimate of drug-likeness (QED) is 0.853. The van der Waals surface area contributed by atoms with Crippen molar-refractivity contribution in [2.45, 2.75) is 6.92 Å². The first kappa shape index (κ1) is 14.7. The lowest BCUT2D eigenvalue weighted by atomic mass is 10.1. The minimum absolute atomic E-state index is 0.0525. The van der Waals surface area contributed by atoms with E-state index in [0.29, 0.717) is 31.9 Å². The molecule has 2 aromatic rings. The summed E-state index contributed by atoms with van der Waals surface area (Å²) in [5, 5.41) is 0. The van der Waals surface area contributed by atoms with Gasteiger partial charge in [-0.25, -0.2) is 4.98 Å². The van der Waals surface area contributed by atoms with Crippen LogP contribution in [0.1, 0.15) is 17.4 Å². The summed E-state index contributed by atoms with van der Waals surface area (Å²) in [5.74, 6) is 0.00837. The summed E-state index contributed by atoms with van der Waals surface area (Å²) in [5.41, 5.74) is 3.23. The Labute approximate surface area is 133 Å². The lowest BCUT2D eigenvalue weighted by Crippen LogP contribution is -2.50. The Morgan fingerprint density at radius 1 is 1.05 bits per heavy atom. The summed E-state index contributed by atoms with van der Waals surface area (Å²) in [7, 11) is 0. The number of thiazole rings is 1. The zero-order valence-corrected chi connectivity index (χ0v) is 13.2. The van der Waals surface area contributed by atoms with Gasteiger partial charge in [-0.1, -0.05) is 30.3 Å². The Balaban J connectivity index is 1.77. The largest absolute Gasteiger partial charge is 0.339 e. The third kappa shape index (κ3) is 2.87. The third-order valence-electron chi connectivity index (χ3n) is 3.82. The molecule has 1 aromatic heterocycles. The number of hydrogen-bond acceptors (Lipinski definition) is 4. The topological polar surface area (TPSA) is 53.5 Å². The Morgan fingerprint density at radius 2 is 1.68 bits per heavy atom. The second-order valence-corrected chi connectivity index (χ2v) is 6.05. The SMILES string of the molecule is CC(=O)N1CCN(C(=O)c2ncsc2-c2ccccc2)CC1. The van der Waals surface area contributed by atoms with Crippen LogP contribution in [0.3, 0.4) is 0 Å². The van der Waals surface area contributed by atoms with E-state index in [2.05, 4.69) is 4.98 Å². The molecule has 0 saturated carbocycles. The van der Waals surface area contributed by atoms with Crippen LogP contribution in [0.25, 0.3) is 10.4 Å². The molecule has 1 aromatic carbocycles. The van der Waals surface area contributed by atoms with E-state index < -0.39 is 0 Å². The van der Waals surface area contributed by atoms with Crippen LogP contribution >= 0.6 is 11.3 Å². The Morgan fingerprint density at radius 3 is 2.32 bits per heavy atom. The van der Waals surface area contributed by atoms with E-state index in [1.54, 1.807) is 22.2 Å². The summed E-state index contributed by atoms with van der Waals surface area (Å²) < 4.78 is 0.